The van der Waals surface area contributed by atoms with Gasteiger partial charge in [-0.15, -0.1) is 0 Å². The average Bonchev–Trinajstić information content (AvgIpc) is 2.50. The molecule has 0 aliphatic rings. The number of carbonyl (C=O) groups excluding carboxylic acids is 2. The molecule has 0 aliphatic carbocycles. The predicted octanol–water partition coefficient (Wildman–Crippen LogP) is 2.63. The normalized spacial score (nSPS) is 11.9. The summed E-state index contributed by atoms with van der Waals surface area (Å²) in [5.41, 5.74) is 1.90. The predicted molar refractivity (Wildman–Crippen MR) is 94.1 cm³/mol. The van der Waals surface area contributed by atoms with E-state index in [1.807, 2.05) is 38.1 Å². The maximum atomic E-state index is 12.0. The number of rotatable bonds is 8. The molecule has 2 amide bonds. The quantitative estimate of drug-likeness (QED) is 0.774. The molecule has 1 atom stereocenters. The van der Waals surface area contributed by atoms with Gasteiger partial charge in [0.2, 0.25) is 11.8 Å². The summed E-state index contributed by atoms with van der Waals surface area (Å²) in [7, 11) is 0. The molecule has 0 spiro atoms. The summed E-state index contributed by atoms with van der Waals surface area (Å²) < 4.78 is 0. The van der Waals surface area contributed by atoms with E-state index in [2.05, 4.69) is 24.5 Å². The van der Waals surface area contributed by atoms with Gasteiger partial charge in [-0.05, 0) is 31.4 Å². The molecule has 0 aromatic heterocycles. The summed E-state index contributed by atoms with van der Waals surface area (Å²) in [6, 6.07) is 7.91. The van der Waals surface area contributed by atoms with Gasteiger partial charge in [0.1, 0.15) is 0 Å². The second-order valence-corrected chi connectivity index (χ2v) is 6.14. The first-order valence-corrected chi connectivity index (χ1v) is 8.21. The van der Waals surface area contributed by atoms with Crippen LogP contribution in [0.4, 0.5) is 5.69 Å². The zero-order chi connectivity index (χ0) is 17.4. The number of benzene rings is 1. The maximum Gasteiger partial charge on any atom is 0.239 e. The Morgan fingerprint density at radius 2 is 1.83 bits per heavy atom. The summed E-state index contributed by atoms with van der Waals surface area (Å²) in [4.78, 5) is 25.3. The van der Waals surface area contributed by atoms with Crippen molar-refractivity contribution in [1.29, 1.82) is 0 Å². The highest BCUT2D eigenvalue weighted by molar-refractivity contribution is 5.81. The van der Waals surface area contributed by atoms with E-state index >= 15 is 0 Å². The molecular formula is C18H29N3O2. The van der Waals surface area contributed by atoms with Crippen molar-refractivity contribution in [2.75, 3.05) is 18.4 Å². The highest BCUT2D eigenvalue weighted by Crippen LogP contribution is 2.17. The van der Waals surface area contributed by atoms with E-state index in [0.29, 0.717) is 19.0 Å². The van der Waals surface area contributed by atoms with Crippen LogP contribution < -0.4 is 10.6 Å². The third kappa shape index (κ3) is 6.30. The van der Waals surface area contributed by atoms with Gasteiger partial charge in [-0.25, -0.2) is 0 Å². The third-order valence-corrected chi connectivity index (χ3v) is 4.03. The Balaban J connectivity index is 2.67. The largest absolute Gasteiger partial charge is 0.376 e. The minimum Gasteiger partial charge on any atom is -0.376 e. The summed E-state index contributed by atoms with van der Waals surface area (Å²) >= 11 is 0. The highest BCUT2D eigenvalue weighted by atomic mass is 16.2. The van der Waals surface area contributed by atoms with Crippen molar-refractivity contribution in [1.82, 2.24) is 10.2 Å². The summed E-state index contributed by atoms with van der Waals surface area (Å²) in [5, 5.41) is 6.15. The smallest absolute Gasteiger partial charge is 0.239 e. The van der Waals surface area contributed by atoms with Crippen LogP contribution in [0.3, 0.4) is 0 Å². The molecule has 0 fully saturated rings. The first kappa shape index (κ1) is 19.0. The summed E-state index contributed by atoms with van der Waals surface area (Å²) in [6.45, 7) is 11.1. The van der Waals surface area contributed by atoms with Crippen LogP contribution in [-0.2, 0) is 16.1 Å². The molecule has 1 aromatic carbocycles. The van der Waals surface area contributed by atoms with Crippen LogP contribution in [0.5, 0.6) is 0 Å². The molecule has 0 heterocycles. The molecule has 5 nitrogen and oxygen atoms in total. The fraction of sp³-hybridized carbons (Fsp3) is 0.556. The molecule has 2 N–H and O–H groups in total. The van der Waals surface area contributed by atoms with Crippen LogP contribution in [0.1, 0.15) is 40.2 Å². The Hall–Kier alpha value is -2.04. The Labute approximate surface area is 139 Å². The van der Waals surface area contributed by atoms with E-state index in [1.165, 1.54) is 0 Å². The van der Waals surface area contributed by atoms with Gasteiger partial charge in [-0.2, -0.15) is 0 Å². The zero-order valence-corrected chi connectivity index (χ0v) is 14.8. The van der Waals surface area contributed by atoms with Gasteiger partial charge in [0.25, 0.3) is 0 Å². The van der Waals surface area contributed by atoms with Gasteiger partial charge in [0.05, 0.1) is 6.54 Å². The Morgan fingerprint density at radius 3 is 2.39 bits per heavy atom. The molecule has 0 bridgehead atoms. The molecule has 0 saturated heterocycles. The van der Waals surface area contributed by atoms with Crippen molar-refractivity contribution in [2.24, 2.45) is 5.92 Å². The molecule has 0 saturated carbocycles. The van der Waals surface area contributed by atoms with Crippen LogP contribution >= 0.6 is 0 Å². The topological polar surface area (TPSA) is 61.4 Å². The number of para-hydroxylation sites is 1. The lowest BCUT2D eigenvalue weighted by molar-refractivity contribution is -0.129. The molecular weight excluding hydrogens is 290 g/mol. The fourth-order valence-electron chi connectivity index (χ4n) is 2.13. The van der Waals surface area contributed by atoms with Gasteiger partial charge in [-0.1, -0.05) is 32.0 Å². The van der Waals surface area contributed by atoms with E-state index in [-0.39, 0.29) is 24.4 Å². The van der Waals surface area contributed by atoms with Crippen molar-refractivity contribution in [3.8, 4) is 0 Å². The second kappa shape index (κ2) is 9.18. The van der Waals surface area contributed by atoms with Gasteiger partial charge >= 0.3 is 0 Å². The van der Waals surface area contributed by atoms with E-state index in [1.54, 1.807) is 11.8 Å². The summed E-state index contributed by atoms with van der Waals surface area (Å²) in [5.74, 6) is 0.422. The molecule has 1 aromatic rings. The van der Waals surface area contributed by atoms with E-state index in [4.69, 9.17) is 0 Å². The van der Waals surface area contributed by atoms with Crippen molar-refractivity contribution in [3.05, 3.63) is 29.8 Å². The van der Waals surface area contributed by atoms with Gasteiger partial charge < -0.3 is 15.5 Å². The van der Waals surface area contributed by atoms with Gasteiger partial charge in [-0.3, -0.25) is 9.59 Å². The van der Waals surface area contributed by atoms with Crippen molar-refractivity contribution in [3.63, 3.8) is 0 Å². The van der Waals surface area contributed by atoms with Gasteiger partial charge in [0.15, 0.2) is 0 Å². The maximum absolute atomic E-state index is 12.0. The first-order chi connectivity index (χ1) is 10.8. The SMILES string of the molecule is CCN(Cc1ccccc1NCC(=O)NC(C)C(C)C)C(C)=O. The first-order valence-electron chi connectivity index (χ1n) is 8.21. The van der Waals surface area contributed by atoms with E-state index in [9.17, 15) is 9.59 Å². The Kier molecular flexibility index (Phi) is 7.59. The lowest BCUT2D eigenvalue weighted by atomic mass is 10.1. The molecule has 128 valence electrons. The Bertz CT molecular complexity index is 529. The number of nitrogens with zero attached hydrogens (tertiary/aromatic N) is 1. The fourth-order valence-corrected chi connectivity index (χ4v) is 2.13. The van der Waals surface area contributed by atoms with Crippen LogP contribution in [0.15, 0.2) is 24.3 Å². The zero-order valence-electron chi connectivity index (χ0n) is 14.8. The van der Waals surface area contributed by atoms with Crippen molar-refractivity contribution >= 4 is 17.5 Å². The van der Waals surface area contributed by atoms with Crippen LogP contribution in [0.25, 0.3) is 0 Å². The number of hydrogen-bond acceptors (Lipinski definition) is 3. The average molecular weight is 319 g/mol. The number of carbonyl (C=O) groups is 2. The summed E-state index contributed by atoms with van der Waals surface area (Å²) in [6.07, 6.45) is 0. The number of hydrogen-bond donors (Lipinski definition) is 2. The molecule has 0 radical (unpaired) electrons. The highest BCUT2D eigenvalue weighted by Gasteiger charge is 2.12. The second-order valence-electron chi connectivity index (χ2n) is 6.14. The minimum atomic E-state index is -0.0279. The number of amides is 2. The lowest BCUT2D eigenvalue weighted by Gasteiger charge is -2.22. The van der Waals surface area contributed by atoms with E-state index < -0.39 is 0 Å². The molecule has 5 heteroatoms. The molecule has 0 aliphatic heterocycles. The number of anilines is 1. The van der Waals surface area contributed by atoms with Crippen molar-refractivity contribution in [2.45, 2.75) is 47.2 Å². The van der Waals surface area contributed by atoms with E-state index in [0.717, 1.165) is 11.3 Å². The van der Waals surface area contributed by atoms with Crippen molar-refractivity contribution < 1.29 is 9.59 Å². The van der Waals surface area contributed by atoms with Gasteiger partial charge in [0, 0.05) is 31.7 Å². The molecule has 1 unspecified atom stereocenters. The third-order valence-electron chi connectivity index (χ3n) is 4.03. The number of nitrogens with one attached hydrogen (secondary N) is 2. The lowest BCUT2D eigenvalue weighted by Crippen LogP contribution is -2.39. The van der Waals surface area contributed by atoms with Crippen LogP contribution in [-0.4, -0.2) is 35.8 Å². The molecule has 23 heavy (non-hydrogen) atoms. The minimum absolute atomic E-state index is 0.0279. The van der Waals surface area contributed by atoms with Crippen LogP contribution in [0.2, 0.25) is 0 Å². The monoisotopic (exact) mass is 319 g/mol. The standard InChI is InChI=1S/C18H29N3O2/c1-6-21(15(5)22)12-16-9-7-8-10-17(16)19-11-18(23)20-14(4)13(2)3/h7-10,13-14,19H,6,11-12H2,1-5H3,(H,20,23). The van der Waals surface area contributed by atoms with Crippen LogP contribution in [0, 0.1) is 5.92 Å². The molecule has 1 rings (SSSR count). The Morgan fingerprint density at radius 1 is 1.17 bits per heavy atom.